The van der Waals surface area contributed by atoms with E-state index in [0.717, 1.165) is 35.0 Å². The molecule has 0 bridgehead atoms. The van der Waals surface area contributed by atoms with Gasteiger partial charge in [0.1, 0.15) is 11.5 Å². The number of aliphatic hydroxyl groups excluding tert-OH is 1. The number of hydrogen-bond acceptors (Lipinski definition) is 4. The minimum atomic E-state index is -0.00961. The smallest absolute Gasteiger partial charge is 0.128 e. The zero-order valence-electron chi connectivity index (χ0n) is 11.1. The molecule has 4 heteroatoms. The van der Waals surface area contributed by atoms with Crippen LogP contribution in [0.2, 0.25) is 0 Å². The van der Waals surface area contributed by atoms with E-state index in [2.05, 4.69) is 13.8 Å². The van der Waals surface area contributed by atoms with Crippen molar-refractivity contribution in [1.29, 1.82) is 0 Å². The van der Waals surface area contributed by atoms with Crippen LogP contribution in [0, 0.1) is 0 Å². The quantitative estimate of drug-likeness (QED) is 0.700. The summed E-state index contributed by atoms with van der Waals surface area (Å²) < 4.78 is 11.2. The van der Waals surface area contributed by atoms with Crippen LogP contribution in [0.4, 0.5) is 0 Å². The van der Waals surface area contributed by atoms with Crippen molar-refractivity contribution in [1.82, 2.24) is 0 Å². The highest BCUT2D eigenvalue weighted by molar-refractivity contribution is 7.99. The fourth-order valence-corrected chi connectivity index (χ4v) is 1.95. The fourth-order valence-electron chi connectivity index (χ4n) is 1.46. The maximum absolute atomic E-state index is 9.26. The summed E-state index contributed by atoms with van der Waals surface area (Å²) in [5.41, 5.74) is 0.806. The Morgan fingerprint density at radius 3 is 2.67 bits per heavy atom. The number of benzene rings is 1. The molecule has 0 fully saturated rings. The average molecular weight is 270 g/mol. The third-order valence-electron chi connectivity index (χ3n) is 2.37. The summed E-state index contributed by atoms with van der Waals surface area (Å²) in [6.07, 6.45) is 0.977. The number of thioether (sulfide) groups is 1. The van der Waals surface area contributed by atoms with Crippen LogP contribution in [0.1, 0.15) is 25.8 Å². The first-order valence-electron chi connectivity index (χ1n) is 6.38. The molecule has 1 rings (SSSR count). The lowest BCUT2D eigenvalue weighted by Crippen LogP contribution is -2.04. The van der Waals surface area contributed by atoms with E-state index in [4.69, 9.17) is 9.47 Å². The average Bonchev–Trinajstić information content (AvgIpc) is 2.41. The SMILES string of the molecule is CCCOc1ccc(CO)c(OCCSCC)c1. The molecule has 0 unspecified atom stereocenters. The van der Waals surface area contributed by atoms with Crippen molar-refractivity contribution < 1.29 is 14.6 Å². The van der Waals surface area contributed by atoms with Crippen molar-refractivity contribution in [2.75, 3.05) is 24.7 Å². The summed E-state index contributed by atoms with van der Waals surface area (Å²) >= 11 is 1.84. The molecule has 0 spiro atoms. The maximum atomic E-state index is 9.26. The molecule has 1 aromatic carbocycles. The summed E-state index contributed by atoms with van der Waals surface area (Å²) in [4.78, 5) is 0. The van der Waals surface area contributed by atoms with E-state index in [1.54, 1.807) is 0 Å². The van der Waals surface area contributed by atoms with Crippen LogP contribution in [0.25, 0.3) is 0 Å². The van der Waals surface area contributed by atoms with Crippen LogP contribution < -0.4 is 9.47 Å². The molecule has 3 nitrogen and oxygen atoms in total. The molecule has 0 aliphatic carbocycles. The molecule has 0 saturated carbocycles. The second-order valence-electron chi connectivity index (χ2n) is 3.82. The zero-order chi connectivity index (χ0) is 13.2. The second kappa shape index (κ2) is 9.11. The fraction of sp³-hybridized carbons (Fsp3) is 0.571. The molecule has 0 radical (unpaired) electrons. The minimum Gasteiger partial charge on any atom is -0.493 e. The number of ether oxygens (including phenoxy) is 2. The lowest BCUT2D eigenvalue weighted by atomic mass is 10.2. The predicted octanol–water partition coefficient (Wildman–Crippen LogP) is 3.10. The molecule has 102 valence electrons. The van der Waals surface area contributed by atoms with Gasteiger partial charge >= 0.3 is 0 Å². The Morgan fingerprint density at radius 1 is 1.17 bits per heavy atom. The zero-order valence-corrected chi connectivity index (χ0v) is 12.0. The van der Waals surface area contributed by atoms with Crippen molar-refractivity contribution in [3.8, 4) is 11.5 Å². The van der Waals surface area contributed by atoms with Crippen molar-refractivity contribution >= 4 is 11.8 Å². The van der Waals surface area contributed by atoms with Gasteiger partial charge in [-0.15, -0.1) is 0 Å². The molecule has 0 atom stereocenters. The van der Waals surface area contributed by atoms with Gasteiger partial charge in [-0.1, -0.05) is 13.8 Å². The normalized spacial score (nSPS) is 10.4. The van der Waals surface area contributed by atoms with Gasteiger partial charge in [-0.05, 0) is 24.3 Å². The van der Waals surface area contributed by atoms with Gasteiger partial charge in [0.25, 0.3) is 0 Å². The van der Waals surface area contributed by atoms with Crippen molar-refractivity contribution in [2.45, 2.75) is 26.9 Å². The Kier molecular flexibility index (Phi) is 7.69. The van der Waals surface area contributed by atoms with E-state index >= 15 is 0 Å². The maximum Gasteiger partial charge on any atom is 0.128 e. The highest BCUT2D eigenvalue weighted by atomic mass is 32.2. The van der Waals surface area contributed by atoms with Crippen molar-refractivity contribution in [3.63, 3.8) is 0 Å². The number of aliphatic hydroxyl groups is 1. The van der Waals surface area contributed by atoms with Crippen LogP contribution in [0.3, 0.4) is 0 Å². The first-order valence-corrected chi connectivity index (χ1v) is 7.54. The van der Waals surface area contributed by atoms with Crippen LogP contribution in [0.15, 0.2) is 18.2 Å². The summed E-state index contributed by atoms with van der Waals surface area (Å²) in [5.74, 6) is 3.58. The Labute approximate surface area is 113 Å². The Bertz CT molecular complexity index is 342. The Morgan fingerprint density at radius 2 is 2.00 bits per heavy atom. The molecular formula is C14H22O3S. The monoisotopic (exact) mass is 270 g/mol. The van der Waals surface area contributed by atoms with Crippen LogP contribution in [-0.2, 0) is 6.61 Å². The molecule has 0 aromatic heterocycles. The Balaban J connectivity index is 2.60. The van der Waals surface area contributed by atoms with E-state index in [1.807, 2.05) is 30.0 Å². The van der Waals surface area contributed by atoms with Gasteiger partial charge in [-0.2, -0.15) is 11.8 Å². The van der Waals surface area contributed by atoms with Crippen LogP contribution >= 0.6 is 11.8 Å². The molecule has 0 amide bonds. The van der Waals surface area contributed by atoms with Gasteiger partial charge in [-0.25, -0.2) is 0 Å². The van der Waals surface area contributed by atoms with E-state index in [1.165, 1.54) is 0 Å². The number of hydrogen-bond donors (Lipinski definition) is 1. The second-order valence-corrected chi connectivity index (χ2v) is 5.22. The van der Waals surface area contributed by atoms with Gasteiger partial charge in [-0.3, -0.25) is 0 Å². The third-order valence-corrected chi connectivity index (χ3v) is 3.23. The molecule has 0 aliphatic heterocycles. The highest BCUT2D eigenvalue weighted by Crippen LogP contribution is 2.25. The summed E-state index contributed by atoms with van der Waals surface area (Å²) in [6.45, 7) is 5.54. The van der Waals surface area contributed by atoms with E-state index < -0.39 is 0 Å². The summed E-state index contributed by atoms with van der Waals surface area (Å²) in [6, 6.07) is 5.58. The topological polar surface area (TPSA) is 38.7 Å². The van der Waals surface area contributed by atoms with E-state index in [9.17, 15) is 5.11 Å². The lowest BCUT2D eigenvalue weighted by Gasteiger charge is -2.12. The number of rotatable bonds is 9. The molecule has 0 saturated heterocycles. The predicted molar refractivity (Wildman–Crippen MR) is 76.6 cm³/mol. The van der Waals surface area contributed by atoms with Gasteiger partial charge in [0, 0.05) is 17.4 Å². The first-order chi connectivity index (χ1) is 8.81. The largest absolute Gasteiger partial charge is 0.493 e. The summed E-state index contributed by atoms with van der Waals surface area (Å²) in [5, 5.41) is 9.26. The van der Waals surface area contributed by atoms with Gasteiger partial charge in [0.2, 0.25) is 0 Å². The minimum absolute atomic E-state index is 0.00961. The Hall–Kier alpha value is -0.870. The van der Waals surface area contributed by atoms with Crippen molar-refractivity contribution in [2.24, 2.45) is 0 Å². The molecule has 18 heavy (non-hydrogen) atoms. The molecule has 1 N–H and O–H groups in total. The molecule has 1 aromatic rings. The van der Waals surface area contributed by atoms with Gasteiger partial charge < -0.3 is 14.6 Å². The van der Waals surface area contributed by atoms with Gasteiger partial charge in [0.15, 0.2) is 0 Å². The van der Waals surface area contributed by atoms with Crippen molar-refractivity contribution in [3.05, 3.63) is 23.8 Å². The molecule has 0 aliphatic rings. The summed E-state index contributed by atoms with van der Waals surface area (Å²) in [7, 11) is 0. The first kappa shape index (κ1) is 15.2. The third kappa shape index (κ3) is 5.19. The van der Waals surface area contributed by atoms with E-state index in [-0.39, 0.29) is 6.61 Å². The molecule has 0 heterocycles. The van der Waals surface area contributed by atoms with Gasteiger partial charge in [0.05, 0.1) is 19.8 Å². The highest BCUT2D eigenvalue weighted by Gasteiger charge is 2.05. The standard InChI is InChI=1S/C14H22O3S/c1-3-7-16-13-6-5-12(11-15)14(10-13)17-8-9-18-4-2/h5-6,10,15H,3-4,7-9,11H2,1-2H3. The lowest BCUT2D eigenvalue weighted by molar-refractivity contribution is 0.265. The van der Waals surface area contributed by atoms with Crippen LogP contribution in [0.5, 0.6) is 11.5 Å². The van der Waals surface area contributed by atoms with E-state index in [0.29, 0.717) is 13.2 Å². The molecular weight excluding hydrogens is 248 g/mol. The van der Waals surface area contributed by atoms with Crippen LogP contribution in [-0.4, -0.2) is 29.8 Å².